The average molecular weight is 249 g/mol. The normalized spacial score (nSPS) is 11.9. The first-order chi connectivity index (χ1) is 8.60. The van der Waals surface area contributed by atoms with E-state index in [1.807, 2.05) is 38.1 Å². The van der Waals surface area contributed by atoms with Crippen LogP contribution >= 0.6 is 0 Å². The lowest BCUT2D eigenvalue weighted by Gasteiger charge is -2.30. The molecule has 4 heteroatoms. The first kappa shape index (κ1) is 14.4. The molecule has 0 saturated carbocycles. The minimum absolute atomic E-state index is 0.0494. The lowest BCUT2D eigenvalue weighted by Crippen LogP contribution is -2.45. The van der Waals surface area contributed by atoms with Gasteiger partial charge < -0.3 is 16.0 Å². The third-order valence-corrected chi connectivity index (χ3v) is 2.86. The summed E-state index contributed by atoms with van der Waals surface area (Å²) in [7, 11) is 0. The Balaban J connectivity index is 2.91. The van der Waals surface area contributed by atoms with Crippen molar-refractivity contribution in [3.8, 4) is 0 Å². The predicted octanol–water partition coefficient (Wildman–Crippen LogP) is 2.01. The number of nitrogens with zero attached hydrogens (tertiary/aromatic N) is 1. The van der Waals surface area contributed by atoms with Crippen LogP contribution in [0.3, 0.4) is 0 Å². The molecule has 1 unspecified atom stereocenters. The van der Waals surface area contributed by atoms with Crippen molar-refractivity contribution >= 4 is 17.3 Å². The highest BCUT2D eigenvalue weighted by Crippen LogP contribution is 2.20. The number of hydrogen-bond acceptors (Lipinski definition) is 3. The van der Waals surface area contributed by atoms with E-state index in [1.54, 1.807) is 0 Å². The van der Waals surface area contributed by atoms with Gasteiger partial charge in [-0.15, -0.1) is 0 Å². The summed E-state index contributed by atoms with van der Waals surface area (Å²) in [4.78, 5) is 14.0. The number of nitrogens with two attached hydrogens (primary N) is 1. The summed E-state index contributed by atoms with van der Waals surface area (Å²) < 4.78 is 0. The highest BCUT2D eigenvalue weighted by Gasteiger charge is 2.20. The average Bonchev–Trinajstić information content (AvgIpc) is 2.35. The van der Waals surface area contributed by atoms with Crippen LogP contribution in [0, 0.1) is 0 Å². The molecule has 0 aromatic heterocycles. The summed E-state index contributed by atoms with van der Waals surface area (Å²) in [5.74, 6) is 0.0494. The number of benzene rings is 1. The Morgan fingerprint density at radius 3 is 2.72 bits per heavy atom. The van der Waals surface area contributed by atoms with Crippen LogP contribution in [0.1, 0.15) is 27.2 Å². The van der Waals surface area contributed by atoms with Crippen molar-refractivity contribution in [2.45, 2.75) is 33.2 Å². The smallest absolute Gasteiger partial charge is 0.242 e. The van der Waals surface area contributed by atoms with Crippen LogP contribution in [0.2, 0.25) is 0 Å². The zero-order valence-corrected chi connectivity index (χ0v) is 11.4. The number of likely N-dealkylation sites (N-methyl/N-ethyl adjacent to an activating group) is 1. The van der Waals surface area contributed by atoms with Crippen molar-refractivity contribution in [2.75, 3.05) is 23.7 Å². The van der Waals surface area contributed by atoms with Gasteiger partial charge in [0.2, 0.25) is 5.91 Å². The fourth-order valence-electron chi connectivity index (χ4n) is 1.95. The van der Waals surface area contributed by atoms with Crippen LogP contribution in [-0.2, 0) is 4.79 Å². The predicted molar refractivity (Wildman–Crippen MR) is 76.6 cm³/mol. The summed E-state index contributed by atoms with van der Waals surface area (Å²) in [5, 5.41) is 2.86. The molecule has 0 heterocycles. The molecule has 18 heavy (non-hydrogen) atoms. The number of carbonyl (C=O) groups excluding carboxylic acids is 1. The minimum Gasteiger partial charge on any atom is -0.399 e. The minimum atomic E-state index is -0.188. The van der Waals surface area contributed by atoms with E-state index < -0.39 is 0 Å². The molecule has 1 rings (SSSR count). The van der Waals surface area contributed by atoms with Gasteiger partial charge in [-0.25, -0.2) is 0 Å². The SMILES string of the molecule is CCCN(c1cccc(N)c1)C(C)C(=O)NCC. The molecule has 1 atom stereocenters. The summed E-state index contributed by atoms with van der Waals surface area (Å²) in [6.07, 6.45) is 0.985. The van der Waals surface area contributed by atoms with E-state index >= 15 is 0 Å². The highest BCUT2D eigenvalue weighted by atomic mass is 16.2. The molecule has 1 aromatic carbocycles. The highest BCUT2D eigenvalue weighted by molar-refractivity contribution is 5.85. The van der Waals surface area contributed by atoms with Crippen LogP contribution in [0.25, 0.3) is 0 Å². The molecule has 0 aliphatic heterocycles. The van der Waals surface area contributed by atoms with Gasteiger partial charge in [-0.05, 0) is 38.5 Å². The number of amides is 1. The standard InChI is InChI=1S/C14H23N3O/c1-4-9-17(11(3)14(18)16-5-2)13-8-6-7-12(15)10-13/h6-8,10-11H,4-5,9,15H2,1-3H3,(H,16,18). The van der Waals surface area contributed by atoms with Crippen molar-refractivity contribution in [1.82, 2.24) is 5.32 Å². The Kier molecular flexibility index (Phi) is 5.49. The Bertz CT molecular complexity index is 392. The first-order valence-electron chi connectivity index (χ1n) is 6.50. The largest absolute Gasteiger partial charge is 0.399 e. The van der Waals surface area contributed by atoms with Crippen molar-refractivity contribution in [1.29, 1.82) is 0 Å². The number of nitrogen functional groups attached to an aromatic ring is 1. The molecule has 0 aliphatic carbocycles. The fraction of sp³-hybridized carbons (Fsp3) is 0.500. The number of anilines is 2. The van der Waals surface area contributed by atoms with E-state index in [2.05, 4.69) is 17.1 Å². The van der Waals surface area contributed by atoms with Crippen LogP contribution in [0.15, 0.2) is 24.3 Å². The van der Waals surface area contributed by atoms with E-state index in [-0.39, 0.29) is 11.9 Å². The summed E-state index contributed by atoms with van der Waals surface area (Å²) in [6.45, 7) is 7.44. The van der Waals surface area contributed by atoms with Crippen LogP contribution in [0.5, 0.6) is 0 Å². The molecule has 0 radical (unpaired) electrons. The monoisotopic (exact) mass is 249 g/mol. The third kappa shape index (κ3) is 3.65. The van der Waals surface area contributed by atoms with Crippen LogP contribution in [-0.4, -0.2) is 25.0 Å². The van der Waals surface area contributed by atoms with Crippen LogP contribution < -0.4 is 16.0 Å². The van der Waals surface area contributed by atoms with Crippen molar-refractivity contribution in [2.24, 2.45) is 0 Å². The van der Waals surface area contributed by atoms with Crippen LogP contribution in [0.4, 0.5) is 11.4 Å². The van der Waals surface area contributed by atoms with E-state index in [1.165, 1.54) is 0 Å². The molecular formula is C14H23N3O. The van der Waals surface area contributed by atoms with Gasteiger partial charge in [-0.2, -0.15) is 0 Å². The molecule has 4 nitrogen and oxygen atoms in total. The topological polar surface area (TPSA) is 58.4 Å². The Morgan fingerprint density at radius 2 is 2.17 bits per heavy atom. The Morgan fingerprint density at radius 1 is 1.44 bits per heavy atom. The maximum Gasteiger partial charge on any atom is 0.242 e. The van der Waals surface area contributed by atoms with Gasteiger partial charge in [0.05, 0.1) is 0 Å². The van der Waals surface area contributed by atoms with E-state index in [0.717, 1.165) is 24.3 Å². The molecule has 0 bridgehead atoms. The molecule has 0 aliphatic rings. The quantitative estimate of drug-likeness (QED) is 0.758. The van der Waals surface area contributed by atoms with Crippen molar-refractivity contribution in [3.05, 3.63) is 24.3 Å². The van der Waals surface area contributed by atoms with Gasteiger partial charge in [0, 0.05) is 24.5 Å². The summed E-state index contributed by atoms with van der Waals surface area (Å²) in [6, 6.07) is 7.47. The lowest BCUT2D eigenvalue weighted by atomic mass is 10.2. The van der Waals surface area contributed by atoms with Gasteiger partial charge in [-0.3, -0.25) is 4.79 Å². The van der Waals surface area contributed by atoms with Crippen molar-refractivity contribution in [3.63, 3.8) is 0 Å². The second kappa shape index (κ2) is 6.89. The lowest BCUT2D eigenvalue weighted by molar-refractivity contribution is -0.121. The van der Waals surface area contributed by atoms with Gasteiger partial charge in [0.15, 0.2) is 0 Å². The molecule has 1 amide bonds. The number of nitrogens with one attached hydrogen (secondary N) is 1. The number of hydrogen-bond donors (Lipinski definition) is 2. The molecule has 0 spiro atoms. The fourth-order valence-corrected chi connectivity index (χ4v) is 1.95. The molecule has 0 fully saturated rings. The molecule has 0 saturated heterocycles. The Labute approximate surface area is 109 Å². The van der Waals surface area contributed by atoms with Gasteiger partial charge >= 0.3 is 0 Å². The van der Waals surface area contributed by atoms with Gasteiger partial charge in [0.1, 0.15) is 6.04 Å². The zero-order valence-electron chi connectivity index (χ0n) is 11.4. The van der Waals surface area contributed by atoms with Crippen molar-refractivity contribution < 1.29 is 4.79 Å². The zero-order chi connectivity index (χ0) is 13.5. The van der Waals surface area contributed by atoms with E-state index in [0.29, 0.717) is 6.54 Å². The molecule has 100 valence electrons. The molecule has 3 N–H and O–H groups in total. The number of carbonyl (C=O) groups is 1. The summed E-state index contributed by atoms with van der Waals surface area (Å²) >= 11 is 0. The molecule has 1 aromatic rings. The van der Waals surface area contributed by atoms with Gasteiger partial charge in [0.25, 0.3) is 0 Å². The molecular weight excluding hydrogens is 226 g/mol. The first-order valence-corrected chi connectivity index (χ1v) is 6.50. The van der Waals surface area contributed by atoms with E-state index in [4.69, 9.17) is 5.73 Å². The maximum absolute atomic E-state index is 11.9. The summed E-state index contributed by atoms with van der Waals surface area (Å²) in [5.41, 5.74) is 7.52. The van der Waals surface area contributed by atoms with Gasteiger partial charge in [-0.1, -0.05) is 13.0 Å². The maximum atomic E-state index is 11.9. The number of rotatable bonds is 6. The third-order valence-electron chi connectivity index (χ3n) is 2.86. The second-order valence-electron chi connectivity index (χ2n) is 4.36. The second-order valence-corrected chi connectivity index (χ2v) is 4.36. The Hall–Kier alpha value is -1.71. The van der Waals surface area contributed by atoms with E-state index in [9.17, 15) is 4.79 Å².